The number of rotatable bonds is 5. The van der Waals surface area contributed by atoms with Gasteiger partial charge in [0.15, 0.2) is 0 Å². The number of nitrogens with zero attached hydrogens (tertiary/aromatic N) is 2. The largest absolute Gasteiger partial charge is 0.310 e. The first-order chi connectivity index (χ1) is 6.63. The zero-order valence-corrected chi connectivity index (χ0v) is 9.67. The fourth-order valence-electron chi connectivity index (χ4n) is 1.39. The molecule has 0 aliphatic heterocycles. The molecule has 0 spiro atoms. The molecule has 1 rings (SSSR count). The highest BCUT2D eigenvalue weighted by atomic mass is 15.3. The first kappa shape index (κ1) is 11.2. The van der Waals surface area contributed by atoms with Crippen molar-refractivity contribution in [2.75, 3.05) is 0 Å². The van der Waals surface area contributed by atoms with Crippen LogP contribution in [0.1, 0.15) is 38.4 Å². The molecule has 0 aromatic carbocycles. The molecule has 14 heavy (non-hydrogen) atoms. The summed E-state index contributed by atoms with van der Waals surface area (Å²) in [5.41, 5.74) is 2.46. The third-order valence-corrected chi connectivity index (χ3v) is 2.20. The normalized spacial score (nSPS) is 11.2. The summed E-state index contributed by atoms with van der Waals surface area (Å²) in [4.78, 5) is 0. The van der Waals surface area contributed by atoms with Gasteiger partial charge in [0.1, 0.15) is 0 Å². The quantitative estimate of drug-likeness (QED) is 0.779. The van der Waals surface area contributed by atoms with Crippen LogP contribution in [0.25, 0.3) is 0 Å². The van der Waals surface area contributed by atoms with Gasteiger partial charge in [-0.1, -0.05) is 20.8 Å². The SMILES string of the molecule is CCCn1cc(CNC(C)C)c(C)n1. The van der Waals surface area contributed by atoms with Crippen LogP contribution in [0, 0.1) is 6.92 Å². The van der Waals surface area contributed by atoms with Crippen molar-refractivity contribution < 1.29 is 0 Å². The summed E-state index contributed by atoms with van der Waals surface area (Å²) in [7, 11) is 0. The molecule has 0 atom stereocenters. The third-order valence-electron chi connectivity index (χ3n) is 2.20. The van der Waals surface area contributed by atoms with Crippen LogP contribution in [0.5, 0.6) is 0 Å². The van der Waals surface area contributed by atoms with E-state index in [-0.39, 0.29) is 0 Å². The molecular formula is C11H21N3. The summed E-state index contributed by atoms with van der Waals surface area (Å²) in [6.07, 6.45) is 3.28. The molecule has 0 aliphatic carbocycles. The molecule has 0 unspecified atom stereocenters. The van der Waals surface area contributed by atoms with Gasteiger partial charge in [-0.05, 0) is 13.3 Å². The van der Waals surface area contributed by atoms with E-state index in [1.165, 1.54) is 5.56 Å². The van der Waals surface area contributed by atoms with E-state index in [0.717, 1.165) is 25.2 Å². The Bertz CT molecular complexity index is 276. The van der Waals surface area contributed by atoms with Gasteiger partial charge in [-0.3, -0.25) is 4.68 Å². The summed E-state index contributed by atoms with van der Waals surface area (Å²) >= 11 is 0. The average molecular weight is 195 g/mol. The molecule has 1 heterocycles. The van der Waals surface area contributed by atoms with Gasteiger partial charge in [0.05, 0.1) is 5.69 Å². The Morgan fingerprint density at radius 2 is 2.21 bits per heavy atom. The molecular weight excluding hydrogens is 174 g/mol. The molecule has 3 heteroatoms. The lowest BCUT2D eigenvalue weighted by atomic mass is 10.2. The number of hydrogen-bond acceptors (Lipinski definition) is 2. The van der Waals surface area contributed by atoms with E-state index in [0.29, 0.717) is 6.04 Å². The minimum atomic E-state index is 0.531. The standard InChI is InChI=1S/C11H21N3/c1-5-6-14-8-11(10(4)13-14)7-12-9(2)3/h8-9,12H,5-7H2,1-4H3. The zero-order chi connectivity index (χ0) is 10.6. The van der Waals surface area contributed by atoms with Crippen LogP contribution in [0.2, 0.25) is 0 Å². The Morgan fingerprint density at radius 1 is 1.50 bits per heavy atom. The molecule has 1 N–H and O–H groups in total. The van der Waals surface area contributed by atoms with Gasteiger partial charge < -0.3 is 5.32 Å². The second-order valence-corrected chi connectivity index (χ2v) is 4.04. The number of aryl methyl sites for hydroxylation is 2. The molecule has 80 valence electrons. The van der Waals surface area contributed by atoms with Crippen molar-refractivity contribution >= 4 is 0 Å². The lowest BCUT2D eigenvalue weighted by Gasteiger charge is -2.06. The predicted molar refractivity (Wildman–Crippen MR) is 59.2 cm³/mol. The van der Waals surface area contributed by atoms with E-state index in [2.05, 4.69) is 44.3 Å². The highest BCUT2D eigenvalue weighted by Gasteiger charge is 2.04. The molecule has 0 amide bonds. The van der Waals surface area contributed by atoms with Crippen molar-refractivity contribution in [1.29, 1.82) is 0 Å². The average Bonchev–Trinajstić information content (AvgIpc) is 2.44. The minimum Gasteiger partial charge on any atom is -0.310 e. The van der Waals surface area contributed by atoms with Crippen LogP contribution in [0.15, 0.2) is 6.20 Å². The summed E-state index contributed by atoms with van der Waals surface area (Å²) in [6, 6.07) is 0.531. The Morgan fingerprint density at radius 3 is 2.79 bits per heavy atom. The fraction of sp³-hybridized carbons (Fsp3) is 0.727. The number of hydrogen-bond donors (Lipinski definition) is 1. The highest BCUT2D eigenvalue weighted by Crippen LogP contribution is 2.06. The van der Waals surface area contributed by atoms with Crippen LogP contribution in [-0.2, 0) is 13.1 Å². The van der Waals surface area contributed by atoms with E-state index in [4.69, 9.17) is 0 Å². The Hall–Kier alpha value is -0.830. The number of nitrogens with one attached hydrogen (secondary N) is 1. The molecule has 0 bridgehead atoms. The van der Waals surface area contributed by atoms with Crippen LogP contribution >= 0.6 is 0 Å². The van der Waals surface area contributed by atoms with Crippen molar-refractivity contribution in [3.63, 3.8) is 0 Å². The van der Waals surface area contributed by atoms with E-state index in [1.807, 2.05) is 4.68 Å². The van der Waals surface area contributed by atoms with Gasteiger partial charge in [-0.15, -0.1) is 0 Å². The Labute approximate surface area is 86.5 Å². The Balaban J connectivity index is 2.58. The van der Waals surface area contributed by atoms with Gasteiger partial charge in [0.2, 0.25) is 0 Å². The summed E-state index contributed by atoms with van der Waals surface area (Å²) in [5, 5.41) is 7.86. The number of aromatic nitrogens is 2. The molecule has 0 saturated heterocycles. The zero-order valence-electron chi connectivity index (χ0n) is 9.67. The van der Waals surface area contributed by atoms with Crippen molar-refractivity contribution in [2.24, 2.45) is 0 Å². The van der Waals surface area contributed by atoms with Gasteiger partial charge in [0, 0.05) is 30.9 Å². The lowest BCUT2D eigenvalue weighted by Crippen LogP contribution is -2.21. The highest BCUT2D eigenvalue weighted by molar-refractivity contribution is 5.15. The van der Waals surface area contributed by atoms with Gasteiger partial charge in [-0.2, -0.15) is 5.10 Å². The fourth-order valence-corrected chi connectivity index (χ4v) is 1.39. The lowest BCUT2D eigenvalue weighted by molar-refractivity contribution is 0.584. The maximum atomic E-state index is 4.45. The van der Waals surface area contributed by atoms with Crippen molar-refractivity contribution in [2.45, 2.75) is 53.2 Å². The smallest absolute Gasteiger partial charge is 0.0638 e. The van der Waals surface area contributed by atoms with Crippen LogP contribution in [0.4, 0.5) is 0 Å². The van der Waals surface area contributed by atoms with E-state index in [1.54, 1.807) is 0 Å². The van der Waals surface area contributed by atoms with E-state index >= 15 is 0 Å². The molecule has 0 saturated carbocycles. The van der Waals surface area contributed by atoms with Gasteiger partial charge in [0.25, 0.3) is 0 Å². The predicted octanol–water partition coefficient (Wildman–Crippen LogP) is 2.10. The second kappa shape index (κ2) is 5.15. The van der Waals surface area contributed by atoms with Crippen LogP contribution < -0.4 is 5.32 Å². The minimum absolute atomic E-state index is 0.531. The second-order valence-electron chi connectivity index (χ2n) is 4.04. The molecule has 1 aromatic heterocycles. The third kappa shape index (κ3) is 3.14. The summed E-state index contributed by atoms with van der Waals surface area (Å²) in [6.45, 7) is 10.5. The van der Waals surface area contributed by atoms with E-state index in [9.17, 15) is 0 Å². The molecule has 0 aliphatic rings. The molecule has 0 fully saturated rings. The Kier molecular flexibility index (Phi) is 4.14. The van der Waals surface area contributed by atoms with Crippen molar-refractivity contribution in [1.82, 2.24) is 15.1 Å². The molecule has 1 aromatic rings. The van der Waals surface area contributed by atoms with Crippen molar-refractivity contribution in [3.8, 4) is 0 Å². The van der Waals surface area contributed by atoms with Gasteiger partial charge >= 0.3 is 0 Å². The maximum absolute atomic E-state index is 4.45. The monoisotopic (exact) mass is 195 g/mol. The molecule has 3 nitrogen and oxygen atoms in total. The molecule has 0 radical (unpaired) electrons. The summed E-state index contributed by atoms with van der Waals surface area (Å²) in [5.74, 6) is 0. The summed E-state index contributed by atoms with van der Waals surface area (Å²) < 4.78 is 2.03. The van der Waals surface area contributed by atoms with Crippen LogP contribution in [-0.4, -0.2) is 15.8 Å². The first-order valence-corrected chi connectivity index (χ1v) is 5.39. The first-order valence-electron chi connectivity index (χ1n) is 5.39. The van der Waals surface area contributed by atoms with Crippen molar-refractivity contribution in [3.05, 3.63) is 17.5 Å². The van der Waals surface area contributed by atoms with Crippen LogP contribution in [0.3, 0.4) is 0 Å². The van der Waals surface area contributed by atoms with E-state index < -0.39 is 0 Å². The van der Waals surface area contributed by atoms with Gasteiger partial charge in [-0.25, -0.2) is 0 Å². The maximum Gasteiger partial charge on any atom is 0.0638 e. The topological polar surface area (TPSA) is 29.9 Å².